The van der Waals surface area contributed by atoms with Gasteiger partial charge in [-0.1, -0.05) is 11.6 Å². The predicted octanol–water partition coefficient (Wildman–Crippen LogP) is 7.18. The number of carbonyl (C=O) groups is 1. The summed E-state index contributed by atoms with van der Waals surface area (Å²) in [7, 11) is 1.60. The van der Waals surface area contributed by atoms with Gasteiger partial charge in [0.2, 0.25) is 0 Å². The minimum atomic E-state index is -1.10. The number of likely N-dealkylation sites (tertiary alicyclic amines) is 1. The number of hydrogen-bond acceptors (Lipinski definition) is 5. The highest BCUT2D eigenvalue weighted by Crippen LogP contribution is 2.36. The second-order valence-electron chi connectivity index (χ2n) is 9.68. The van der Waals surface area contributed by atoms with Gasteiger partial charge in [-0.15, -0.1) is 11.3 Å². The van der Waals surface area contributed by atoms with Gasteiger partial charge in [0.1, 0.15) is 11.9 Å². The second kappa shape index (κ2) is 12.8. The number of thiophene rings is 1. The molecule has 0 saturated carbocycles. The molecule has 0 aliphatic carbocycles. The zero-order valence-corrected chi connectivity index (χ0v) is 22.2. The van der Waals surface area contributed by atoms with Gasteiger partial charge in [0, 0.05) is 29.4 Å². The van der Waals surface area contributed by atoms with Crippen molar-refractivity contribution in [3.8, 4) is 5.75 Å². The number of alkyl halides is 1. The third kappa shape index (κ3) is 7.17. The quantitative estimate of drug-likeness (QED) is 0.267. The van der Waals surface area contributed by atoms with E-state index in [0.717, 1.165) is 60.6 Å². The van der Waals surface area contributed by atoms with Crippen LogP contribution in [0.3, 0.4) is 0 Å². The van der Waals surface area contributed by atoms with Crippen molar-refractivity contribution in [2.75, 3.05) is 26.7 Å². The van der Waals surface area contributed by atoms with Crippen LogP contribution in [0.5, 0.6) is 5.75 Å². The monoisotopic (exact) mass is 532 g/mol. The fourth-order valence-electron chi connectivity index (χ4n) is 5.40. The van der Waals surface area contributed by atoms with Crippen LogP contribution in [0.4, 0.5) is 4.39 Å². The number of rotatable bonds is 12. The van der Waals surface area contributed by atoms with Crippen LogP contribution in [-0.2, 0) is 11.2 Å². The molecular formula is C28H34ClFN2O3S. The predicted molar refractivity (Wildman–Crippen MR) is 144 cm³/mol. The number of carboxylic acids is 1. The van der Waals surface area contributed by atoms with E-state index in [2.05, 4.69) is 16.0 Å². The number of ether oxygens (including phenoxy) is 1. The number of pyridine rings is 1. The Bertz CT molecular complexity index is 1160. The highest BCUT2D eigenvalue weighted by Gasteiger charge is 2.30. The number of aromatic nitrogens is 1. The average Bonchev–Trinajstić information content (AvgIpc) is 3.30. The SMILES string of the molecule is COc1ccc2nccc(C(F)CC[C@@H]3CCN(CCCc4ccc(Cl)s4)C[C@@H]3CCC(=O)O)c2c1. The van der Waals surface area contributed by atoms with E-state index >= 15 is 4.39 Å². The molecule has 1 saturated heterocycles. The molecule has 4 rings (SSSR count). The Balaban J connectivity index is 1.35. The highest BCUT2D eigenvalue weighted by atomic mass is 35.5. The minimum absolute atomic E-state index is 0.163. The maximum atomic E-state index is 15.5. The molecule has 0 radical (unpaired) electrons. The van der Waals surface area contributed by atoms with Gasteiger partial charge in [-0.3, -0.25) is 9.78 Å². The fraction of sp³-hybridized carbons (Fsp3) is 0.500. The molecule has 1 aliphatic rings. The molecule has 1 fully saturated rings. The van der Waals surface area contributed by atoms with Crippen molar-refractivity contribution < 1.29 is 19.0 Å². The smallest absolute Gasteiger partial charge is 0.303 e. The van der Waals surface area contributed by atoms with Crippen LogP contribution in [0.25, 0.3) is 10.9 Å². The summed E-state index contributed by atoms with van der Waals surface area (Å²) in [5.74, 6) is 0.526. The molecule has 2 aromatic heterocycles. The first-order valence-electron chi connectivity index (χ1n) is 12.7. The summed E-state index contributed by atoms with van der Waals surface area (Å²) in [6.07, 6.45) is 5.58. The molecule has 0 bridgehead atoms. The summed E-state index contributed by atoms with van der Waals surface area (Å²) in [5, 5.41) is 10.1. The van der Waals surface area contributed by atoms with Crippen LogP contribution >= 0.6 is 22.9 Å². The Labute approximate surface area is 221 Å². The molecule has 194 valence electrons. The zero-order chi connectivity index (χ0) is 25.5. The molecule has 36 heavy (non-hydrogen) atoms. The number of fused-ring (bicyclic) bond motifs is 1. The van der Waals surface area contributed by atoms with Crippen molar-refractivity contribution in [1.29, 1.82) is 0 Å². The maximum Gasteiger partial charge on any atom is 0.303 e. The van der Waals surface area contributed by atoms with Crippen molar-refractivity contribution in [2.24, 2.45) is 11.8 Å². The molecular weight excluding hydrogens is 499 g/mol. The van der Waals surface area contributed by atoms with Gasteiger partial charge < -0.3 is 14.7 Å². The van der Waals surface area contributed by atoms with Crippen LogP contribution in [0.1, 0.15) is 55.1 Å². The first-order chi connectivity index (χ1) is 17.4. The molecule has 3 atom stereocenters. The number of hydrogen-bond donors (Lipinski definition) is 1. The normalized spacial score (nSPS) is 19.4. The van der Waals surface area contributed by atoms with E-state index in [1.807, 2.05) is 24.3 Å². The Morgan fingerprint density at radius 2 is 2.14 bits per heavy atom. The molecule has 1 aliphatic heterocycles. The number of piperidine rings is 1. The first kappa shape index (κ1) is 26.8. The van der Waals surface area contributed by atoms with E-state index < -0.39 is 12.1 Å². The zero-order valence-electron chi connectivity index (χ0n) is 20.7. The Hall–Kier alpha value is -2.22. The summed E-state index contributed by atoms with van der Waals surface area (Å²) in [6, 6.07) is 11.3. The molecule has 1 aromatic carbocycles. The van der Waals surface area contributed by atoms with Crippen LogP contribution in [0, 0.1) is 11.8 Å². The van der Waals surface area contributed by atoms with Gasteiger partial charge in [0.25, 0.3) is 0 Å². The third-order valence-electron chi connectivity index (χ3n) is 7.34. The second-order valence-corrected chi connectivity index (χ2v) is 11.5. The number of nitrogens with zero attached hydrogens (tertiary/aromatic N) is 2. The van der Waals surface area contributed by atoms with E-state index in [1.54, 1.807) is 30.7 Å². The van der Waals surface area contributed by atoms with Crippen molar-refractivity contribution in [3.05, 3.63) is 57.4 Å². The van der Waals surface area contributed by atoms with E-state index in [1.165, 1.54) is 4.88 Å². The van der Waals surface area contributed by atoms with Gasteiger partial charge in [-0.25, -0.2) is 4.39 Å². The molecule has 5 nitrogen and oxygen atoms in total. The van der Waals surface area contributed by atoms with Crippen molar-refractivity contribution in [1.82, 2.24) is 9.88 Å². The van der Waals surface area contributed by atoms with Crippen LogP contribution in [0.2, 0.25) is 4.34 Å². The molecule has 1 N–H and O–H groups in total. The molecule has 3 aromatic rings. The van der Waals surface area contributed by atoms with Gasteiger partial charge in [-0.05, 0) is 105 Å². The summed E-state index contributed by atoms with van der Waals surface area (Å²) >= 11 is 7.67. The van der Waals surface area contributed by atoms with Crippen LogP contribution in [0.15, 0.2) is 42.6 Å². The van der Waals surface area contributed by atoms with E-state index in [9.17, 15) is 9.90 Å². The van der Waals surface area contributed by atoms with Gasteiger partial charge in [0.15, 0.2) is 0 Å². The van der Waals surface area contributed by atoms with Crippen LogP contribution < -0.4 is 4.74 Å². The van der Waals surface area contributed by atoms with Crippen LogP contribution in [-0.4, -0.2) is 47.7 Å². The lowest BCUT2D eigenvalue weighted by molar-refractivity contribution is -0.137. The van der Waals surface area contributed by atoms with E-state index in [0.29, 0.717) is 30.1 Å². The highest BCUT2D eigenvalue weighted by molar-refractivity contribution is 7.16. The average molecular weight is 533 g/mol. The number of methoxy groups -OCH3 is 1. The number of aryl methyl sites for hydroxylation is 1. The Kier molecular flexibility index (Phi) is 9.57. The lowest BCUT2D eigenvalue weighted by Crippen LogP contribution is -2.41. The number of benzene rings is 1. The van der Waals surface area contributed by atoms with Crippen molar-refractivity contribution in [3.63, 3.8) is 0 Å². The molecule has 1 unspecified atom stereocenters. The fourth-order valence-corrected chi connectivity index (χ4v) is 6.53. The van der Waals surface area contributed by atoms with Gasteiger partial charge in [-0.2, -0.15) is 0 Å². The minimum Gasteiger partial charge on any atom is -0.497 e. The summed E-state index contributed by atoms with van der Waals surface area (Å²) in [6.45, 7) is 2.85. The number of aliphatic carboxylic acids is 1. The summed E-state index contributed by atoms with van der Waals surface area (Å²) in [5.41, 5.74) is 1.40. The molecule has 3 heterocycles. The molecule has 0 spiro atoms. The van der Waals surface area contributed by atoms with E-state index in [-0.39, 0.29) is 12.3 Å². The largest absolute Gasteiger partial charge is 0.497 e. The van der Waals surface area contributed by atoms with Gasteiger partial charge in [0.05, 0.1) is 17.0 Å². The lowest BCUT2D eigenvalue weighted by atomic mass is 9.79. The molecule has 0 amide bonds. The maximum absolute atomic E-state index is 15.5. The van der Waals surface area contributed by atoms with Crippen molar-refractivity contribution >= 4 is 39.8 Å². The van der Waals surface area contributed by atoms with E-state index in [4.69, 9.17) is 16.3 Å². The third-order valence-corrected chi connectivity index (χ3v) is 8.63. The number of halogens is 2. The summed E-state index contributed by atoms with van der Waals surface area (Å²) in [4.78, 5) is 19.4. The Morgan fingerprint density at radius 3 is 2.89 bits per heavy atom. The standard InChI is InChI=1S/C28H34ClFN2O3S/c1-35-21-6-9-26-24(17-21)23(12-14-31-26)25(30)8-4-19-13-16-32(18-20(19)5-11-28(33)34)15-2-3-22-7-10-27(29)36-22/h6-7,9-10,12,14,17,19-20,25H,2-5,8,11,13,15-16,18H2,1H3,(H,33,34)/t19-,20+,25?/m1/s1. The van der Waals surface area contributed by atoms with Crippen molar-refractivity contribution in [2.45, 2.75) is 51.1 Å². The topological polar surface area (TPSA) is 62.7 Å². The molecule has 8 heteroatoms. The summed E-state index contributed by atoms with van der Waals surface area (Å²) < 4.78 is 21.7. The first-order valence-corrected chi connectivity index (χ1v) is 13.9. The number of carboxylic acid groups (broad SMARTS) is 1. The lowest BCUT2D eigenvalue weighted by Gasteiger charge is -2.39. The Morgan fingerprint density at radius 1 is 1.28 bits per heavy atom. The van der Waals surface area contributed by atoms with Gasteiger partial charge >= 0.3 is 5.97 Å².